The fourth-order valence-electron chi connectivity index (χ4n) is 2.11. The number of benzene rings is 2. The third kappa shape index (κ3) is 3.49. The maximum atomic E-state index is 12.5. The minimum absolute atomic E-state index is 0.0160. The van der Waals surface area contributed by atoms with E-state index in [-0.39, 0.29) is 11.0 Å². The normalized spacial score (nSPS) is 13.2. The van der Waals surface area contributed by atoms with Gasteiger partial charge in [0.2, 0.25) is 0 Å². The molecule has 0 aliphatic heterocycles. The number of oxazole rings is 1. The lowest BCUT2D eigenvalue weighted by Crippen LogP contribution is -2.07. The highest BCUT2D eigenvalue weighted by molar-refractivity contribution is 7.90. The fraction of sp³-hybridized carbons (Fsp3) is 0.188. The van der Waals surface area contributed by atoms with Gasteiger partial charge in [0.1, 0.15) is 17.0 Å². The molecule has 0 fully saturated rings. The quantitative estimate of drug-likeness (QED) is 0.659. The molecule has 0 radical (unpaired) electrons. The SMILES string of the molecule is COc1ccc2oc([S+]([O-])Cc3ccc(C(F)(F)F)cc3)nc2c1. The first-order valence-electron chi connectivity index (χ1n) is 6.86. The lowest BCUT2D eigenvalue weighted by Gasteiger charge is -2.08. The molecular weight excluding hydrogens is 343 g/mol. The van der Waals surface area contributed by atoms with Crippen molar-refractivity contribution in [2.75, 3.05) is 7.11 Å². The first-order valence-corrected chi connectivity index (χ1v) is 8.18. The van der Waals surface area contributed by atoms with Crippen molar-refractivity contribution in [2.24, 2.45) is 0 Å². The van der Waals surface area contributed by atoms with Crippen molar-refractivity contribution in [1.82, 2.24) is 4.98 Å². The van der Waals surface area contributed by atoms with Crippen LogP contribution in [0.3, 0.4) is 0 Å². The first-order chi connectivity index (χ1) is 11.4. The smallest absolute Gasteiger partial charge is 0.416 e. The Bertz CT molecular complexity index is 846. The van der Waals surface area contributed by atoms with E-state index in [0.717, 1.165) is 12.1 Å². The predicted octanol–water partition coefficient (Wildman–Crippen LogP) is 4.16. The predicted molar refractivity (Wildman–Crippen MR) is 82.1 cm³/mol. The lowest BCUT2D eigenvalue weighted by molar-refractivity contribution is -0.137. The topological polar surface area (TPSA) is 58.3 Å². The minimum Gasteiger partial charge on any atom is -0.607 e. The molecular formula is C16H12F3NO3S. The summed E-state index contributed by atoms with van der Waals surface area (Å²) >= 11 is -1.60. The number of rotatable bonds is 4. The van der Waals surface area contributed by atoms with Gasteiger partial charge < -0.3 is 13.7 Å². The second kappa shape index (κ2) is 6.37. The van der Waals surface area contributed by atoms with Crippen molar-refractivity contribution in [3.05, 3.63) is 53.6 Å². The zero-order chi connectivity index (χ0) is 17.3. The summed E-state index contributed by atoms with van der Waals surface area (Å²) in [6, 6.07) is 9.51. The van der Waals surface area contributed by atoms with E-state index < -0.39 is 22.9 Å². The summed E-state index contributed by atoms with van der Waals surface area (Å²) in [5, 5.41) is 0.0261. The Labute approximate surface area is 138 Å². The standard InChI is InChI=1S/C16H12F3NO3S/c1-22-12-6-7-14-13(8-12)20-15(23-14)24(21)9-10-2-4-11(5-3-10)16(17,18)19/h2-8H,9H2,1H3. The van der Waals surface area contributed by atoms with Crippen LogP contribution in [0.2, 0.25) is 0 Å². The average Bonchev–Trinajstić information content (AvgIpc) is 2.97. The highest BCUT2D eigenvalue weighted by Gasteiger charge is 2.30. The van der Waals surface area contributed by atoms with Crippen LogP contribution in [0.5, 0.6) is 5.75 Å². The summed E-state index contributed by atoms with van der Waals surface area (Å²) in [6.45, 7) is 0. The van der Waals surface area contributed by atoms with Gasteiger partial charge in [0.25, 0.3) is 0 Å². The van der Waals surface area contributed by atoms with E-state index in [9.17, 15) is 17.7 Å². The van der Waals surface area contributed by atoms with Crippen LogP contribution in [-0.4, -0.2) is 16.6 Å². The van der Waals surface area contributed by atoms with E-state index in [0.29, 0.717) is 22.4 Å². The van der Waals surface area contributed by atoms with E-state index >= 15 is 0 Å². The van der Waals surface area contributed by atoms with E-state index in [4.69, 9.17) is 9.15 Å². The molecule has 4 nitrogen and oxygen atoms in total. The molecule has 0 bridgehead atoms. The molecule has 3 aromatic rings. The molecule has 1 unspecified atom stereocenters. The average molecular weight is 355 g/mol. The zero-order valence-corrected chi connectivity index (χ0v) is 13.3. The molecule has 1 atom stereocenters. The maximum absolute atomic E-state index is 12.5. The van der Waals surface area contributed by atoms with Gasteiger partial charge >= 0.3 is 11.4 Å². The van der Waals surface area contributed by atoms with Gasteiger partial charge in [-0.3, -0.25) is 0 Å². The Morgan fingerprint density at radius 3 is 2.50 bits per heavy atom. The van der Waals surface area contributed by atoms with Crippen LogP contribution in [-0.2, 0) is 23.1 Å². The van der Waals surface area contributed by atoms with E-state index in [1.165, 1.54) is 19.2 Å². The molecule has 0 aliphatic rings. The van der Waals surface area contributed by atoms with Crippen molar-refractivity contribution in [1.29, 1.82) is 0 Å². The molecule has 2 aromatic carbocycles. The highest BCUT2D eigenvalue weighted by Crippen LogP contribution is 2.30. The molecule has 1 aromatic heterocycles. The number of nitrogens with zero attached hydrogens (tertiary/aromatic N) is 1. The van der Waals surface area contributed by atoms with Gasteiger partial charge in [0.15, 0.2) is 5.58 Å². The number of fused-ring (bicyclic) bond motifs is 1. The third-order valence-electron chi connectivity index (χ3n) is 3.35. The number of methoxy groups -OCH3 is 1. The Morgan fingerprint density at radius 2 is 1.88 bits per heavy atom. The number of ether oxygens (including phenoxy) is 1. The summed E-state index contributed by atoms with van der Waals surface area (Å²) in [7, 11) is 1.52. The largest absolute Gasteiger partial charge is 0.607 e. The number of hydrogen-bond acceptors (Lipinski definition) is 4. The number of hydrogen-bond donors (Lipinski definition) is 0. The lowest BCUT2D eigenvalue weighted by atomic mass is 10.1. The number of alkyl halides is 3. The molecule has 0 saturated carbocycles. The summed E-state index contributed by atoms with van der Waals surface area (Å²) in [5.41, 5.74) is 0.726. The molecule has 126 valence electrons. The van der Waals surface area contributed by atoms with Gasteiger partial charge in [0.05, 0.1) is 23.8 Å². The third-order valence-corrected chi connectivity index (χ3v) is 4.51. The van der Waals surface area contributed by atoms with Crippen LogP contribution in [0.4, 0.5) is 13.2 Å². The molecule has 8 heteroatoms. The maximum Gasteiger partial charge on any atom is 0.416 e. The molecule has 0 spiro atoms. The second-order valence-electron chi connectivity index (χ2n) is 5.00. The van der Waals surface area contributed by atoms with Gasteiger partial charge in [-0.2, -0.15) is 18.2 Å². The molecule has 0 amide bonds. The molecule has 0 N–H and O–H groups in total. The summed E-state index contributed by atoms with van der Waals surface area (Å²) in [4.78, 5) is 4.15. The highest BCUT2D eigenvalue weighted by atomic mass is 32.2. The van der Waals surface area contributed by atoms with Crippen LogP contribution in [0.25, 0.3) is 11.1 Å². The summed E-state index contributed by atoms with van der Waals surface area (Å²) < 4.78 is 60.4. The molecule has 3 rings (SSSR count). The zero-order valence-electron chi connectivity index (χ0n) is 12.5. The van der Waals surface area contributed by atoms with Crippen molar-refractivity contribution in [3.63, 3.8) is 0 Å². The molecule has 0 saturated heterocycles. The summed E-state index contributed by atoms with van der Waals surface area (Å²) in [6.07, 6.45) is -4.39. The minimum atomic E-state index is -4.39. The van der Waals surface area contributed by atoms with Crippen LogP contribution in [0.1, 0.15) is 11.1 Å². The Morgan fingerprint density at radius 1 is 1.17 bits per heavy atom. The van der Waals surface area contributed by atoms with Gasteiger partial charge in [-0.1, -0.05) is 12.1 Å². The molecule has 24 heavy (non-hydrogen) atoms. The fourth-order valence-corrected chi connectivity index (χ4v) is 3.12. The van der Waals surface area contributed by atoms with E-state index in [2.05, 4.69) is 4.98 Å². The molecule has 0 aliphatic carbocycles. The monoisotopic (exact) mass is 355 g/mol. The first kappa shape index (κ1) is 16.7. The Balaban J connectivity index is 1.78. The number of aromatic nitrogens is 1. The van der Waals surface area contributed by atoms with Crippen molar-refractivity contribution >= 4 is 22.3 Å². The number of halogens is 3. The molecule has 1 heterocycles. The van der Waals surface area contributed by atoms with Crippen LogP contribution in [0.15, 0.2) is 52.1 Å². The van der Waals surface area contributed by atoms with Crippen molar-refractivity contribution in [2.45, 2.75) is 17.2 Å². The van der Waals surface area contributed by atoms with Crippen LogP contribution >= 0.6 is 0 Å². The van der Waals surface area contributed by atoms with Gasteiger partial charge in [-0.25, -0.2) is 0 Å². The van der Waals surface area contributed by atoms with Gasteiger partial charge in [-0.05, 0) is 24.3 Å². The van der Waals surface area contributed by atoms with Crippen LogP contribution < -0.4 is 4.74 Å². The Kier molecular flexibility index (Phi) is 4.42. The van der Waals surface area contributed by atoms with Crippen molar-refractivity contribution < 1.29 is 26.9 Å². The van der Waals surface area contributed by atoms with E-state index in [1.807, 2.05) is 0 Å². The van der Waals surface area contributed by atoms with Crippen molar-refractivity contribution in [3.8, 4) is 5.75 Å². The van der Waals surface area contributed by atoms with E-state index in [1.54, 1.807) is 18.2 Å². The Hall–Kier alpha value is -2.19. The summed E-state index contributed by atoms with van der Waals surface area (Å²) in [5.74, 6) is 0.609. The van der Waals surface area contributed by atoms with Gasteiger partial charge in [0, 0.05) is 11.6 Å². The van der Waals surface area contributed by atoms with Crippen LogP contribution in [0, 0.1) is 0 Å². The second-order valence-corrected chi connectivity index (χ2v) is 6.33. The van der Waals surface area contributed by atoms with Gasteiger partial charge in [-0.15, -0.1) is 0 Å².